The van der Waals surface area contributed by atoms with E-state index in [1.807, 2.05) is 13.8 Å². The van der Waals surface area contributed by atoms with Gasteiger partial charge in [0.15, 0.2) is 0 Å². The fourth-order valence-corrected chi connectivity index (χ4v) is 1.70. The van der Waals surface area contributed by atoms with Gasteiger partial charge in [-0.25, -0.2) is 9.59 Å². The number of hydrogen-bond donors (Lipinski definition) is 1. The van der Waals surface area contributed by atoms with E-state index in [2.05, 4.69) is 4.74 Å². The van der Waals surface area contributed by atoms with Crippen LogP contribution in [0.1, 0.15) is 41.0 Å². The van der Waals surface area contributed by atoms with Crippen LogP contribution in [-0.2, 0) is 14.3 Å². The smallest absolute Gasteiger partial charge is 0.411 e. The molecule has 1 aliphatic heterocycles. The summed E-state index contributed by atoms with van der Waals surface area (Å²) in [4.78, 5) is 24.5. The van der Waals surface area contributed by atoms with Crippen LogP contribution < -0.4 is 0 Å². The predicted octanol–water partition coefficient (Wildman–Crippen LogP) is 1.56. The van der Waals surface area contributed by atoms with E-state index in [9.17, 15) is 14.7 Å². The molecule has 0 bridgehead atoms. The average molecular weight is 275 g/mol. The van der Waals surface area contributed by atoms with Gasteiger partial charge in [-0.3, -0.25) is 4.90 Å². The van der Waals surface area contributed by atoms with Gasteiger partial charge in [-0.05, 0) is 20.8 Å². The number of carbonyl (C=O) groups is 2. The summed E-state index contributed by atoms with van der Waals surface area (Å²) in [6.45, 7) is 9.31. The Kier molecular flexibility index (Phi) is 6.83. The van der Waals surface area contributed by atoms with Gasteiger partial charge < -0.3 is 14.6 Å². The highest BCUT2D eigenvalue weighted by Gasteiger charge is 2.41. The fourth-order valence-electron chi connectivity index (χ4n) is 1.70. The van der Waals surface area contributed by atoms with Gasteiger partial charge >= 0.3 is 12.1 Å². The number of methoxy groups -OCH3 is 1. The molecule has 0 aromatic rings. The Balaban J connectivity index is 0.00000154. The van der Waals surface area contributed by atoms with Crippen molar-refractivity contribution in [2.75, 3.05) is 13.7 Å². The standard InChI is InChI=1S/C11H19NO5.C2H6/c1-11(2,3)17-10(15)12-6-7(13)5-8(12)9(14)16-4;1-2/h7-8,13H,5-6H2,1-4H3;1-2H3/t7-,8-;/m0./s1. The van der Waals surface area contributed by atoms with Crippen LogP contribution in [0.4, 0.5) is 4.79 Å². The molecule has 1 fully saturated rings. The van der Waals surface area contributed by atoms with E-state index >= 15 is 0 Å². The van der Waals surface area contributed by atoms with Crippen LogP contribution in [0.3, 0.4) is 0 Å². The van der Waals surface area contributed by atoms with E-state index in [1.54, 1.807) is 20.8 Å². The summed E-state index contributed by atoms with van der Waals surface area (Å²) in [6.07, 6.45) is -1.14. The van der Waals surface area contributed by atoms with Gasteiger partial charge in [0.1, 0.15) is 11.6 Å². The average Bonchev–Trinajstić information content (AvgIpc) is 2.71. The first-order chi connectivity index (χ1) is 8.74. The molecular formula is C13H25NO5. The van der Waals surface area contributed by atoms with Crippen molar-refractivity contribution in [1.82, 2.24) is 4.90 Å². The van der Waals surface area contributed by atoms with Gasteiger partial charge in [0.05, 0.1) is 19.8 Å². The van der Waals surface area contributed by atoms with Gasteiger partial charge in [-0.2, -0.15) is 0 Å². The van der Waals surface area contributed by atoms with Gasteiger partial charge in [0, 0.05) is 6.42 Å². The number of aliphatic hydroxyl groups excluding tert-OH is 1. The normalized spacial score (nSPS) is 22.4. The molecule has 6 heteroatoms. The lowest BCUT2D eigenvalue weighted by atomic mass is 10.2. The third-order valence-electron chi connectivity index (χ3n) is 2.38. The molecule has 0 aliphatic carbocycles. The van der Waals surface area contributed by atoms with E-state index in [-0.39, 0.29) is 13.0 Å². The van der Waals surface area contributed by atoms with E-state index in [1.165, 1.54) is 12.0 Å². The zero-order valence-electron chi connectivity index (χ0n) is 12.6. The first-order valence-corrected chi connectivity index (χ1v) is 6.50. The summed E-state index contributed by atoms with van der Waals surface area (Å²) in [7, 11) is 1.25. The van der Waals surface area contributed by atoms with Crippen LogP contribution in [0.5, 0.6) is 0 Å². The predicted molar refractivity (Wildman–Crippen MR) is 70.7 cm³/mol. The second-order valence-electron chi connectivity index (χ2n) is 5.06. The lowest BCUT2D eigenvalue weighted by molar-refractivity contribution is -0.145. The largest absolute Gasteiger partial charge is 0.467 e. The van der Waals surface area contributed by atoms with Gasteiger partial charge in [0.25, 0.3) is 0 Å². The Labute approximate surface area is 114 Å². The zero-order chi connectivity index (χ0) is 15.2. The van der Waals surface area contributed by atoms with E-state index in [0.717, 1.165) is 0 Å². The molecule has 0 unspecified atom stereocenters. The van der Waals surface area contributed by atoms with Crippen molar-refractivity contribution in [1.29, 1.82) is 0 Å². The molecule has 1 amide bonds. The van der Waals surface area contributed by atoms with Crippen molar-refractivity contribution in [3.8, 4) is 0 Å². The highest BCUT2D eigenvalue weighted by molar-refractivity contribution is 5.82. The van der Waals surface area contributed by atoms with Crippen molar-refractivity contribution in [3.63, 3.8) is 0 Å². The monoisotopic (exact) mass is 275 g/mol. The number of carbonyl (C=O) groups excluding carboxylic acids is 2. The molecule has 1 rings (SSSR count). The number of hydrogen-bond acceptors (Lipinski definition) is 5. The van der Waals surface area contributed by atoms with Crippen LogP contribution in [0, 0.1) is 0 Å². The van der Waals surface area contributed by atoms with Crippen molar-refractivity contribution in [2.45, 2.75) is 58.8 Å². The summed E-state index contributed by atoms with van der Waals surface area (Å²) in [5.74, 6) is -0.535. The van der Waals surface area contributed by atoms with Crippen LogP contribution in [0.2, 0.25) is 0 Å². The molecule has 2 atom stereocenters. The highest BCUT2D eigenvalue weighted by Crippen LogP contribution is 2.22. The number of amides is 1. The Hall–Kier alpha value is -1.30. The summed E-state index contributed by atoms with van der Waals surface area (Å²) < 4.78 is 9.76. The maximum absolute atomic E-state index is 11.8. The molecule has 0 aromatic carbocycles. The molecule has 0 spiro atoms. The molecule has 1 aliphatic rings. The number of likely N-dealkylation sites (tertiary alicyclic amines) is 1. The van der Waals surface area contributed by atoms with Crippen LogP contribution in [0.15, 0.2) is 0 Å². The molecule has 1 heterocycles. The Morgan fingerprint density at radius 2 is 1.79 bits per heavy atom. The van der Waals surface area contributed by atoms with E-state index in [0.29, 0.717) is 0 Å². The maximum Gasteiger partial charge on any atom is 0.411 e. The molecule has 1 N–H and O–H groups in total. The molecule has 6 nitrogen and oxygen atoms in total. The van der Waals surface area contributed by atoms with Crippen LogP contribution in [-0.4, -0.2) is 53.5 Å². The topological polar surface area (TPSA) is 76.1 Å². The third kappa shape index (κ3) is 5.46. The van der Waals surface area contributed by atoms with Crippen molar-refractivity contribution < 1.29 is 24.2 Å². The number of esters is 1. The first-order valence-electron chi connectivity index (χ1n) is 6.50. The van der Waals surface area contributed by atoms with Gasteiger partial charge in [0.2, 0.25) is 0 Å². The van der Waals surface area contributed by atoms with Crippen molar-refractivity contribution in [2.24, 2.45) is 0 Å². The van der Waals surface area contributed by atoms with Gasteiger partial charge in [-0.1, -0.05) is 13.8 Å². The van der Waals surface area contributed by atoms with Crippen LogP contribution in [0.25, 0.3) is 0 Å². The SMILES string of the molecule is CC.COC(=O)[C@@H]1C[C@H](O)CN1C(=O)OC(C)(C)C. The second kappa shape index (κ2) is 7.33. The molecule has 0 aromatic heterocycles. The lowest BCUT2D eigenvalue weighted by Crippen LogP contribution is -2.43. The van der Waals surface area contributed by atoms with Crippen LogP contribution >= 0.6 is 0 Å². The molecular weight excluding hydrogens is 250 g/mol. The fraction of sp³-hybridized carbons (Fsp3) is 0.846. The minimum Gasteiger partial charge on any atom is -0.467 e. The minimum absolute atomic E-state index is 0.0919. The summed E-state index contributed by atoms with van der Waals surface area (Å²) >= 11 is 0. The summed E-state index contributed by atoms with van der Waals surface area (Å²) in [5.41, 5.74) is -0.634. The van der Waals surface area contributed by atoms with E-state index < -0.39 is 29.8 Å². The first kappa shape index (κ1) is 17.7. The molecule has 0 saturated carbocycles. The summed E-state index contributed by atoms with van der Waals surface area (Å²) in [6, 6.07) is -0.759. The lowest BCUT2D eigenvalue weighted by Gasteiger charge is -2.27. The molecule has 0 radical (unpaired) electrons. The minimum atomic E-state index is -0.759. The number of β-amino-alcohol motifs (C(OH)–C–C–N with tert-alkyl or cyclic N) is 1. The number of ether oxygens (including phenoxy) is 2. The zero-order valence-corrected chi connectivity index (χ0v) is 12.6. The van der Waals surface area contributed by atoms with Crippen molar-refractivity contribution >= 4 is 12.1 Å². The number of nitrogens with zero attached hydrogens (tertiary/aromatic N) is 1. The van der Waals surface area contributed by atoms with Crippen molar-refractivity contribution in [3.05, 3.63) is 0 Å². The Bertz CT molecular complexity index is 311. The number of aliphatic hydroxyl groups is 1. The molecule has 1 saturated heterocycles. The molecule has 19 heavy (non-hydrogen) atoms. The van der Waals surface area contributed by atoms with E-state index in [4.69, 9.17) is 4.74 Å². The highest BCUT2D eigenvalue weighted by atomic mass is 16.6. The quantitative estimate of drug-likeness (QED) is 0.735. The molecule has 112 valence electrons. The second-order valence-corrected chi connectivity index (χ2v) is 5.06. The number of rotatable bonds is 1. The maximum atomic E-state index is 11.8. The van der Waals surface area contributed by atoms with Gasteiger partial charge in [-0.15, -0.1) is 0 Å². The Morgan fingerprint density at radius 3 is 2.21 bits per heavy atom. The Morgan fingerprint density at radius 1 is 1.26 bits per heavy atom. The summed E-state index contributed by atoms with van der Waals surface area (Å²) in [5, 5.41) is 9.50. The third-order valence-corrected chi connectivity index (χ3v) is 2.38.